The lowest BCUT2D eigenvalue weighted by molar-refractivity contribution is 0.103. The summed E-state index contributed by atoms with van der Waals surface area (Å²) in [5.41, 5.74) is 0.644. The van der Waals surface area contributed by atoms with Gasteiger partial charge < -0.3 is 10.1 Å². The van der Waals surface area contributed by atoms with E-state index in [0.29, 0.717) is 24.6 Å². The molecule has 0 atom stereocenters. The number of carbonyl (C=O) groups excluding carboxylic acids is 1. The molecule has 0 amide bonds. The normalized spacial score (nSPS) is 10.8. The van der Waals surface area contributed by atoms with Crippen LogP contribution >= 0.6 is 0 Å². The molecule has 0 fully saturated rings. The first-order valence-corrected chi connectivity index (χ1v) is 5.56. The van der Waals surface area contributed by atoms with E-state index in [1.807, 2.05) is 25.1 Å². The zero-order chi connectivity index (χ0) is 12.5. The van der Waals surface area contributed by atoms with Crippen LogP contribution in [0.3, 0.4) is 0 Å². The summed E-state index contributed by atoms with van der Waals surface area (Å²) in [4.78, 5) is 11.9. The Morgan fingerprint density at radius 2 is 2.12 bits per heavy atom. The molecule has 0 aliphatic rings. The van der Waals surface area contributed by atoms with Gasteiger partial charge in [-0.25, -0.2) is 0 Å². The lowest BCUT2D eigenvalue weighted by Crippen LogP contribution is -2.17. The van der Waals surface area contributed by atoms with Crippen molar-refractivity contribution in [3.8, 4) is 0 Å². The van der Waals surface area contributed by atoms with Crippen molar-refractivity contribution >= 4 is 5.78 Å². The molecule has 1 rings (SSSR count). The van der Waals surface area contributed by atoms with Crippen LogP contribution in [0, 0.1) is 0 Å². The van der Waals surface area contributed by atoms with Crippen molar-refractivity contribution in [3.63, 3.8) is 0 Å². The maximum absolute atomic E-state index is 11.9. The second-order valence-corrected chi connectivity index (χ2v) is 3.34. The Labute approximate surface area is 102 Å². The van der Waals surface area contributed by atoms with Gasteiger partial charge in [-0.15, -0.1) is 6.58 Å². The summed E-state index contributed by atoms with van der Waals surface area (Å²) in [7, 11) is 0. The van der Waals surface area contributed by atoms with E-state index < -0.39 is 0 Å². The van der Waals surface area contributed by atoms with Gasteiger partial charge in [-0.3, -0.25) is 4.79 Å². The molecule has 0 spiro atoms. The molecular weight excluding hydrogens is 214 g/mol. The van der Waals surface area contributed by atoms with Gasteiger partial charge in [0.2, 0.25) is 0 Å². The summed E-state index contributed by atoms with van der Waals surface area (Å²) in [6.07, 6.45) is 3.17. The highest BCUT2D eigenvalue weighted by atomic mass is 16.5. The monoisotopic (exact) mass is 231 g/mol. The van der Waals surface area contributed by atoms with Crippen molar-refractivity contribution < 1.29 is 9.53 Å². The molecule has 0 saturated heterocycles. The Balaban J connectivity index is 2.75. The number of carbonyl (C=O) groups is 1. The average Bonchev–Trinajstić information content (AvgIpc) is 2.37. The van der Waals surface area contributed by atoms with Gasteiger partial charge >= 0.3 is 0 Å². The minimum atomic E-state index is -0.0781. The van der Waals surface area contributed by atoms with Crippen LogP contribution in [-0.4, -0.2) is 18.9 Å². The van der Waals surface area contributed by atoms with Gasteiger partial charge in [0.1, 0.15) is 0 Å². The van der Waals surface area contributed by atoms with Crippen molar-refractivity contribution in [1.29, 1.82) is 0 Å². The van der Waals surface area contributed by atoms with E-state index in [9.17, 15) is 4.79 Å². The van der Waals surface area contributed by atoms with E-state index in [0.717, 1.165) is 0 Å². The zero-order valence-corrected chi connectivity index (χ0v) is 9.98. The van der Waals surface area contributed by atoms with Gasteiger partial charge in [-0.1, -0.05) is 36.4 Å². The smallest absolute Gasteiger partial charge is 0.191 e. The van der Waals surface area contributed by atoms with Crippen LogP contribution in [0.1, 0.15) is 17.3 Å². The fourth-order valence-corrected chi connectivity index (χ4v) is 1.28. The summed E-state index contributed by atoms with van der Waals surface area (Å²) in [5, 5.41) is 2.97. The van der Waals surface area contributed by atoms with Gasteiger partial charge in [0, 0.05) is 18.2 Å². The number of rotatable bonds is 7. The highest BCUT2D eigenvalue weighted by Gasteiger charge is 2.04. The van der Waals surface area contributed by atoms with E-state index in [-0.39, 0.29) is 5.78 Å². The highest BCUT2D eigenvalue weighted by molar-refractivity contribution is 6.04. The predicted molar refractivity (Wildman–Crippen MR) is 68.7 cm³/mol. The first kappa shape index (κ1) is 13.0. The maximum Gasteiger partial charge on any atom is 0.191 e. The van der Waals surface area contributed by atoms with E-state index in [2.05, 4.69) is 11.9 Å². The number of ketones is 1. The zero-order valence-electron chi connectivity index (χ0n) is 9.98. The molecule has 0 aromatic heterocycles. The van der Waals surface area contributed by atoms with Crippen molar-refractivity contribution in [3.05, 3.63) is 60.5 Å². The van der Waals surface area contributed by atoms with Gasteiger partial charge in [0.15, 0.2) is 11.7 Å². The Kier molecular flexibility index (Phi) is 5.58. The van der Waals surface area contributed by atoms with E-state index in [4.69, 9.17) is 4.74 Å². The third-order valence-corrected chi connectivity index (χ3v) is 2.04. The van der Waals surface area contributed by atoms with Crippen molar-refractivity contribution in [1.82, 2.24) is 5.32 Å². The Morgan fingerprint density at radius 3 is 2.71 bits per heavy atom. The lowest BCUT2D eigenvalue weighted by atomic mass is 10.1. The topological polar surface area (TPSA) is 38.3 Å². The quantitative estimate of drug-likeness (QED) is 0.339. The van der Waals surface area contributed by atoms with Crippen LogP contribution < -0.4 is 5.32 Å². The van der Waals surface area contributed by atoms with Gasteiger partial charge in [-0.2, -0.15) is 0 Å². The molecule has 0 aliphatic heterocycles. The van der Waals surface area contributed by atoms with E-state index in [1.165, 1.54) is 6.08 Å². The second kappa shape index (κ2) is 7.28. The molecule has 1 aromatic carbocycles. The molecule has 0 heterocycles. The van der Waals surface area contributed by atoms with Crippen molar-refractivity contribution in [2.24, 2.45) is 0 Å². The molecule has 0 aliphatic carbocycles. The van der Waals surface area contributed by atoms with E-state index >= 15 is 0 Å². The van der Waals surface area contributed by atoms with Crippen LogP contribution in [0.25, 0.3) is 0 Å². The third kappa shape index (κ3) is 4.55. The molecule has 0 bridgehead atoms. The summed E-state index contributed by atoms with van der Waals surface area (Å²) >= 11 is 0. The molecular formula is C14H17NO2. The number of nitrogens with one attached hydrogen (secondary N) is 1. The minimum Gasteiger partial charge on any atom is -0.479 e. The van der Waals surface area contributed by atoms with Crippen LogP contribution in [0.15, 0.2) is 54.9 Å². The second-order valence-electron chi connectivity index (χ2n) is 3.34. The Morgan fingerprint density at radius 1 is 1.41 bits per heavy atom. The van der Waals surface area contributed by atoms with Crippen LogP contribution in [0.4, 0.5) is 0 Å². The SMILES string of the molecule is C=CCN/C(=C/C(=O)c1ccccc1)OCC. The molecule has 1 N–H and O–H groups in total. The minimum absolute atomic E-state index is 0.0781. The van der Waals surface area contributed by atoms with Crippen LogP contribution in [0.5, 0.6) is 0 Å². The van der Waals surface area contributed by atoms with Gasteiger partial charge in [0.25, 0.3) is 0 Å². The number of hydrogen-bond acceptors (Lipinski definition) is 3. The number of allylic oxidation sites excluding steroid dienone is 1. The predicted octanol–water partition coefficient (Wildman–Crippen LogP) is 2.52. The lowest BCUT2D eigenvalue weighted by Gasteiger charge is -2.09. The number of ether oxygens (including phenoxy) is 1. The summed E-state index contributed by atoms with van der Waals surface area (Å²) in [5.74, 6) is 0.395. The molecule has 3 nitrogen and oxygen atoms in total. The fourth-order valence-electron chi connectivity index (χ4n) is 1.28. The van der Waals surface area contributed by atoms with Gasteiger partial charge in [-0.05, 0) is 6.92 Å². The fraction of sp³-hybridized carbons (Fsp3) is 0.214. The first-order valence-electron chi connectivity index (χ1n) is 5.56. The number of benzene rings is 1. The molecule has 17 heavy (non-hydrogen) atoms. The summed E-state index contributed by atoms with van der Waals surface area (Å²) in [6, 6.07) is 9.09. The van der Waals surface area contributed by atoms with Gasteiger partial charge in [0.05, 0.1) is 6.61 Å². The van der Waals surface area contributed by atoms with Crippen LogP contribution in [0.2, 0.25) is 0 Å². The molecule has 90 valence electrons. The van der Waals surface area contributed by atoms with E-state index in [1.54, 1.807) is 18.2 Å². The molecule has 0 saturated carbocycles. The standard InChI is InChI=1S/C14H17NO2/c1-3-10-15-14(17-4-2)11-13(16)12-8-6-5-7-9-12/h3,5-9,11,15H,1,4,10H2,2H3/b14-11-. The highest BCUT2D eigenvalue weighted by Crippen LogP contribution is 2.03. The third-order valence-electron chi connectivity index (χ3n) is 2.04. The van der Waals surface area contributed by atoms with Crippen molar-refractivity contribution in [2.75, 3.05) is 13.2 Å². The largest absolute Gasteiger partial charge is 0.479 e. The molecule has 0 radical (unpaired) electrons. The first-order chi connectivity index (χ1) is 8.27. The number of hydrogen-bond donors (Lipinski definition) is 1. The summed E-state index contributed by atoms with van der Waals surface area (Å²) < 4.78 is 5.32. The maximum atomic E-state index is 11.9. The van der Waals surface area contributed by atoms with Crippen LogP contribution in [-0.2, 0) is 4.74 Å². The molecule has 3 heteroatoms. The summed E-state index contributed by atoms with van der Waals surface area (Å²) in [6.45, 7) is 6.55. The molecule has 1 aromatic rings. The average molecular weight is 231 g/mol. The molecule has 0 unspecified atom stereocenters. The Hall–Kier alpha value is -2.03. The Bertz CT molecular complexity index is 396. The van der Waals surface area contributed by atoms with Crippen molar-refractivity contribution in [2.45, 2.75) is 6.92 Å².